The number of aromatic nitrogens is 3. The third-order valence-corrected chi connectivity index (χ3v) is 8.43. The van der Waals surface area contributed by atoms with Crippen molar-refractivity contribution in [2.45, 2.75) is 50.7 Å². The summed E-state index contributed by atoms with van der Waals surface area (Å²) in [5, 5.41) is 4.93. The van der Waals surface area contributed by atoms with Gasteiger partial charge in [-0.05, 0) is 72.0 Å². The lowest BCUT2D eigenvalue weighted by Crippen LogP contribution is -2.38. The van der Waals surface area contributed by atoms with Crippen molar-refractivity contribution in [1.82, 2.24) is 14.8 Å². The fourth-order valence-corrected chi connectivity index (χ4v) is 5.62. The van der Waals surface area contributed by atoms with Gasteiger partial charge in [-0.2, -0.15) is 18.3 Å². The van der Waals surface area contributed by atoms with Crippen molar-refractivity contribution < 1.29 is 22.4 Å². The summed E-state index contributed by atoms with van der Waals surface area (Å²) in [6, 6.07) is 19.4. The molecule has 6 rings (SSSR count). The monoisotopic (exact) mass is 601 g/mol. The highest BCUT2D eigenvalue weighted by Gasteiger charge is 2.37. The average Bonchev–Trinajstić information content (AvgIpc) is 3.71. The highest BCUT2D eigenvalue weighted by atomic mass is 19.4. The first-order chi connectivity index (χ1) is 20.9. The molecule has 1 saturated carbocycles. The minimum absolute atomic E-state index is 0.0362. The minimum atomic E-state index is -4.81. The lowest BCUT2D eigenvalue weighted by atomic mass is 9.78. The van der Waals surface area contributed by atoms with Crippen LogP contribution in [0.4, 0.5) is 23.4 Å². The zero-order valence-electron chi connectivity index (χ0n) is 24.0. The van der Waals surface area contributed by atoms with E-state index in [-0.39, 0.29) is 22.8 Å². The van der Waals surface area contributed by atoms with E-state index in [4.69, 9.17) is 11.5 Å². The lowest BCUT2D eigenvalue weighted by molar-refractivity contribution is -0.141. The second kappa shape index (κ2) is 11.2. The number of hydrogen-bond acceptors (Lipinski definition) is 5. The number of ketones is 1. The topological polar surface area (TPSA) is 99.8 Å². The van der Waals surface area contributed by atoms with E-state index < -0.39 is 35.4 Å². The van der Waals surface area contributed by atoms with E-state index in [2.05, 4.69) is 10.1 Å². The summed E-state index contributed by atoms with van der Waals surface area (Å²) >= 11 is 0. The first-order valence-electron chi connectivity index (χ1n) is 14.4. The number of halogens is 4. The number of alkyl halides is 3. The molecule has 0 bridgehead atoms. The van der Waals surface area contributed by atoms with Crippen LogP contribution in [0, 0.1) is 18.7 Å². The number of Topliss-reactive ketones (excluding diaryl/α,β-unsaturated/α-hetero) is 1. The largest absolute Gasteiger partial charge is 0.435 e. The maximum Gasteiger partial charge on any atom is 0.435 e. The number of fused-ring (bicyclic) bond motifs is 1. The number of nitrogens with zero attached hydrogens (tertiary/aromatic N) is 3. The average molecular weight is 602 g/mol. The second-order valence-electron chi connectivity index (χ2n) is 11.7. The first kappa shape index (κ1) is 29.5. The van der Waals surface area contributed by atoms with Crippen molar-refractivity contribution in [1.29, 1.82) is 0 Å². The molecule has 5 aromatic rings. The molecule has 0 saturated heterocycles. The fourth-order valence-electron chi connectivity index (χ4n) is 5.62. The molecule has 3 aromatic carbocycles. The maximum absolute atomic E-state index is 15.2. The van der Waals surface area contributed by atoms with Gasteiger partial charge < -0.3 is 11.5 Å². The molecule has 2 heterocycles. The number of rotatable bonds is 9. The number of pyridine rings is 1. The molecule has 6 nitrogen and oxygen atoms in total. The standard InChI is InChI=1S/C34H31F4N5O/c1-20-2-7-24(8-3-20)33(40,14-12-21-4-5-21)25-9-11-28(35)23(16-25)17-30(44)29-19-31(34(36,37)38)42-43(29)26-10-6-22-13-15-41-32(39)27(22)18-26/h2-3,6-11,13,15-16,18-19,21H,4-5,12,14,17,40H2,1H3,(H2,39,41). The van der Waals surface area contributed by atoms with Gasteiger partial charge in [0, 0.05) is 24.1 Å². The van der Waals surface area contributed by atoms with Crippen molar-refractivity contribution in [3.05, 3.63) is 118 Å². The maximum atomic E-state index is 15.2. The molecular formula is C34H31F4N5O. The third-order valence-electron chi connectivity index (χ3n) is 8.43. The Morgan fingerprint density at radius 2 is 1.70 bits per heavy atom. The predicted molar refractivity (Wildman–Crippen MR) is 161 cm³/mol. The molecule has 44 heavy (non-hydrogen) atoms. The van der Waals surface area contributed by atoms with E-state index in [0.717, 1.165) is 40.5 Å². The Labute approximate surface area is 251 Å². The molecule has 1 aliphatic rings. The van der Waals surface area contributed by atoms with Gasteiger partial charge in [0.15, 0.2) is 11.5 Å². The Morgan fingerprint density at radius 3 is 2.41 bits per heavy atom. The van der Waals surface area contributed by atoms with Crippen LogP contribution in [-0.4, -0.2) is 20.5 Å². The van der Waals surface area contributed by atoms with E-state index in [0.29, 0.717) is 29.4 Å². The van der Waals surface area contributed by atoms with Crippen molar-refractivity contribution >= 4 is 22.4 Å². The van der Waals surface area contributed by atoms with Crippen LogP contribution in [0.25, 0.3) is 16.5 Å². The van der Waals surface area contributed by atoms with Crippen LogP contribution in [0.3, 0.4) is 0 Å². The van der Waals surface area contributed by atoms with Crippen molar-refractivity contribution in [2.24, 2.45) is 11.7 Å². The number of nitrogens with two attached hydrogens (primary N) is 2. The van der Waals surface area contributed by atoms with Crippen LogP contribution in [-0.2, 0) is 18.1 Å². The van der Waals surface area contributed by atoms with Gasteiger partial charge in [-0.25, -0.2) is 14.1 Å². The fraction of sp³-hybridized carbons (Fsp3) is 0.265. The number of aryl methyl sites for hydroxylation is 1. The molecule has 1 atom stereocenters. The molecule has 226 valence electrons. The van der Waals surface area contributed by atoms with Crippen LogP contribution in [0.15, 0.2) is 79.0 Å². The normalized spacial score (nSPS) is 15.0. The Morgan fingerprint density at radius 1 is 0.977 bits per heavy atom. The molecule has 1 aliphatic carbocycles. The first-order valence-corrected chi connectivity index (χ1v) is 14.4. The Balaban J connectivity index is 1.38. The van der Waals surface area contributed by atoms with Gasteiger partial charge in [-0.1, -0.05) is 60.9 Å². The van der Waals surface area contributed by atoms with Crippen LogP contribution in [0.2, 0.25) is 0 Å². The quantitative estimate of drug-likeness (QED) is 0.137. The molecule has 0 radical (unpaired) electrons. The number of benzene rings is 3. The van der Waals surface area contributed by atoms with Crippen molar-refractivity contribution in [3.63, 3.8) is 0 Å². The highest BCUT2D eigenvalue weighted by molar-refractivity contribution is 5.97. The molecule has 4 N–H and O–H groups in total. The summed E-state index contributed by atoms with van der Waals surface area (Å²) in [7, 11) is 0. The molecule has 0 aliphatic heterocycles. The van der Waals surface area contributed by atoms with Crippen LogP contribution < -0.4 is 11.5 Å². The van der Waals surface area contributed by atoms with Gasteiger partial charge in [-0.15, -0.1) is 0 Å². The summed E-state index contributed by atoms with van der Waals surface area (Å²) in [5.74, 6) is -0.601. The summed E-state index contributed by atoms with van der Waals surface area (Å²) < 4.78 is 57.5. The predicted octanol–water partition coefficient (Wildman–Crippen LogP) is 7.29. The molecule has 0 amide bonds. The van der Waals surface area contributed by atoms with Crippen LogP contribution in [0.5, 0.6) is 0 Å². The molecule has 10 heteroatoms. The van der Waals surface area contributed by atoms with Gasteiger partial charge in [0.1, 0.15) is 17.3 Å². The summed E-state index contributed by atoms with van der Waals surface area (Å²) in [5.41, 5.74) is 13.3. The van der Waals surface area contributed by atoms with Gasteiger partial charge in [-0.3, -0.25) is 4.79 Å². The number of carbonyl (C=O) groups excluding carboxylic acids is 1. The number of anilines is 1. The van der Waals surface area contributed by atoms with Crippen molar-refractivity contribution in [3.8, 4) is 5.69 Å². The molecule has 0 spiro atoms. The highest BCUT2D eigenvalue weighted by Crippen LogP contribution is 2.40. The minimum Gasteiger partial charge on any atom is -0.383 e. The molecule has 2 aromatic heterocycles. The van der Waals surface area contributed by atoms with Gasteiger partial charge in [0.05, 0.1) is 11.2 Å². The molecular weight excluding hydrogens is 570 g/mol. The number of carbonyl (C=O) groups is 1. The Kier molecular flexibility index (Phi) is 7.49. The SMILES string of the molecule is Cc1ccc(C(N)(CCC2CC2)c2ccc(F)c(CC(=O)c3cc(C(F)(F)F)nn3-c3ccc4ccnc(N)c4c3)c2)cc1. The number of nitrogen functional groups attached to an aromatic ring is 1. The summed E-state index contributed by atoms with van der Waals surface area (Å²) in [6.45, 7) is 1.98. The molecule has 1 unspecified atom stereocenters. The van der Waals surface area contributed by atoms with E-state index >= 15 is 4.39 Å². The summed E-state index contributed by atoms with van der Waals surface area (Å²) in [6.07, 6.45) is 0.0559. The summed E-state index contributed by atoms with van der Waals surface area (Å²) in [4.78, 5) is 17.7. The number of hydrogen-bond donors (Lipinski definition) is 2. The van der Waals surface area contributed by atoms with E-state index in [1.165, 1.54) is 24.4 Å². The molecule has 1 fully saturated rings. The Bertz CT molecular complexity index is 1860. The van der Waals surface area contributed by atoms with E-state index in [1.807, 2.05) is 31.2 Å². The zero-order chi connectivity index (χ0) is 31.2. The van der Waals surface area contributed by atoms with Gasteiger partial charge >= 0.3 is 6.18 Å². The lowest BCUT2D eigenvalue weighted by Gasteiger charge is -2.32. The second-order valence-corrected chi connectivity index (χ2v) is 11.7. The van der Waals surface area contributed by atoms with E-state index in [9.17, 15) is 18.0 Å². The Hall–Kier alpha value is -4.57. The smallest absolute Gasteiger partial charge is 0.383 e. The van der Waals surface area contributed by atoms with E-state index in [1.54, 1.807) is 24.3 Å². The third kappa shape index (κ3) is 5.81. The van der Waals surface area contributed by atoms with Gasteiger partial charge in [0.25, 0.3) is 0 Å². The van der Waals surface area contributed by atoms with Crippen molar-refractivity contribution in [2.75, 3.05) is 5.73 Å². The van der Waals surface area contributed by atoms with Gasteiger partial charge in [0.2, 0.25) is 0 Å². The van der Waals surface area contributed by atoms with Crippen LogP contribution in [0.1, 0.15) is 64.1 Å². The van der Waals surface area contributed by atoms with Crippen LogP contribution >= 0.6 is 0 Å². The zero-order valence-corrected chi connectivity index (χ0v) is 24.0.